The number of rotatable bonds is 3. The van der Waals surface area contributed by atoms with Crippen molar-refractivity contribution in [2.45, 2.75) is 13.0 Å². The molecule has 0 saturated carbocycles. The summed E-state index contributed by atoms with van der Waals surface area (Å²) in [5, 5.41) is 7.59. The minimum atomic E-state index is -0.466. The van der Waals surface area contributed by atoms with Gasteiger partial charge in [0.1, 0.15) is 17.2 Å². The number of fused-ring (bicyclic) bond motifs is 1. The molecule has 0 aliphatic heterocycles. The molecular formula is C17H14ClFN2OS. The van der Waals surface area contributed by atoms with Crippen LogP contribution in [0.1, 0.15) is 18.7 Å². The fourth-order valence-corrected chi connectivity index (χ4v) is 2.70. The van der Waals surface area contributed by atoms with Crippen LogP contribution < -0.4 is 10.6 Å². The minimum Gasteiger partial charge on any atom is -0.459 e. The third-order valence-electron chi connectivity index (χ3n) is 3.40. The van der Waals surface area contributed by atoms with Crippen LogP contribution in [0.2, 0.25) is 5.02 Å². The van der Waals surface area contributed by atoms with E-state index in [1.165, 1.54) is 12.1 Å². The van der Waals surface area contributed by atoms with Gasteiger partial charge in [-0.05, 0) is 49.5 Å². The molecule has 0 fully saturated rings. The molecule has 0 unspecified atom stereocenters. The summed E-state index contributed by atoms with van der Waals surface area (Å²) >= 11 is 11.0. The van der Waals surface area contributed by atoms with Gasteiger partial charge in [0.2, 0.25) is 0 Å². The van der Waals surface area contributed by atoms with Crippen LogP contribution in [0.25, 0.3) is 11.0 Å². The van der Waals surface area contributed by atoms with Gasteiger partial charge in [0, 0.05) is 11.1 Å². The normalized spacial score (nSPS) is 12.1. The highest BCUT2D eigenvalue weighted by atomic mass is 35.5. The molecule has 23 heavy (non-hydrogen) atoms. The molecule has 0 amide bonds. The topological polar surface area (TPSA) is 37.2 Å². The summed E-state index contributed by atoms with van der Waals surface area (Å²) < 4.78 is 18.9. The van der Waals surface area contributed by atoms with Crippen LogP contribution in [-0.4, -0.2) is 5.11 Å². The number of halogens is 2. The van der Waals surface area contributed by atoms with Crippen molar-refractivity contribution in [3.05, 3.63) is 65.1 Å². The molecule has 2 aromatic carbocycles. The maximum absolute atomic E-state index is 13.1. The first-order valence-corrected chi connectivity index (χ1v) is 7.82. The highest BCUT2D eigenvalue weighted by molar-refractivity contribution is 7.80. The van der Waals surface area contributed by atoms with Gasteiger partial charge in [-0.2, -0.15) is 0 Å². The van der Waals surface area contributed by atoms with Gasteiger partial charge in [-0.1, -0.05) is 29.8 Å². The summed E-state index contributed by atoms with van der Waals surface area (Å²) in [6, 6.07) is 14.0. The molecule has 1 aromatic heterocycles. The van der Waals surface area contributed by atoms with E-state index >= 15 is 0 Å². The fraction of sp³-hybridized carbons (Fsp3) is 0.118. The Morgan fingerprint density at radius 3 is 2.74 bits per heavy atom. The average Bonchev–Trinajstić information content (AvgIpc) is 2.95. The van der Waals surface area contributed by atoms with E-state index < -0.39 is 5.82 Å². The lowest BCUT2D eigenvalue weighted by atomic mass is 10.2. The molecule has 0 aliphatic rings. The molecule has 1 atom stereocenters. The Morgan fingerprint density at radius 2 is 2.00 bits per heavy atom. The summed E-state index contributed by atoms with van der Waals surface area (Å²) in [6.07, 6.45) is 0. The molecule has 3 aromatic rings. The molecule has 0 bridgehead atoms. The van der Waals surface area contributed by atoms with Gasteiger partial charge in [0.25, 0.3) is 0 Å². The summed E-state index contributed by atoms with van der Waals surface area (Å²) in [4.78, 5) is 0. The Kier molecular flexibility index (Phi) is 4.50. The molecular weight excluding hydrogens is 335 g/mol. The van der Waals surface area contributed by atoms with E-state index in [9.17, 15) is 4.39 Å². The van der Waals surface area contributed by atoms with Gasteiger partial charge >= 0.3 is 0 Å². The first-order chi connectivity index (χ1) is 11.0. The predicted molar refractivity (Wildman–Crippen MR) is 95.4 cm³/mol. The Hall–Kier alpha value is -2.11. The standard InChI is InChI=1S/C17H14ClFN2OS/c1-10(16-8-11-4-2-3-5-15(11)22-16)20-17(23)21-12-6-7-14(19)13(18)9-12/h2-10H,1H3,(H2,20,21,23)/t10-/m0/s1. The maximum Gasteiger partial charge on any atom is 0.171 e. The Balaban J connectivity index is 1.67. The van der Waals surface area contributed by atoms with E-state index in [2.05, 4.69) is 10.6 Å². The van der Waals surface area contributed by atoms with E-state index in [1.807, 2.05) is 37.3 Å². The maximum atomic E-state index is 13.1. The van der Waals surface area contributed by atoms with Gasteiger partial charge in [-0.15, -0.1) is 0 Å². The van der Waals surface area contributed by atoms with E-state index in [4.69, 9.17) is 28.2 Å². The number of benzene rings is 2. The molecule has 0 radical (unpaired) electrons. The van der Waals surface area contributed by atoms with Crippen LogP contribution in [0.15, 0.2) is 52.9 Å². The first-order valence-electron chi connectivity index (χ1n) is 7.04. The van der Waals surface area contributed by atoms with Crippen LogP contribution in [-0.2, 0) is 0 Å². The van der Waals surface area contributed by atoms with Gasteiger partial charge in [0.15, 0.2) is 5.11 Å². The van der Waals surface area contributed by atoms with Gasteiger partial charge < -0.3 is 15.1 Å². The largest absolute Gasteiger partial charge is 0.459 e. The van der Waals surface area contributed by atoms with Crippen molar-refractivity contribution in [2.24, 2.45) is 0 Å². The lowest BCUT2D eigenvalue weighted by Crippen LogP contribution is -2.30. The third kappa shape index (κ3) is 3.63. The SMILES string of the molecule is C[C@H](NC(=S)Nc1ccc(F)c(Cl)c1)c1cc2ccccc2o1. The van der Waals surface area contributed by atoms with Crippen LogP contribution in [0, 0.1) is 5.82 Å². The van der Waals surface area contributed by atoms with E-state index in [1.54, 1.807) is 6.07 Å². The number of nitrogens with one attached hydrogen (secondary N) is 2. The van der Waals surface area contributed by atoms with Crippen LogP contribution in [0.4, 0.5) is 10.1 Å². The molecule has 0 aliphatic carbocycles. The number of hydrogen-bond donors (Lipinski definition) is 2. The average molecular weight is 349 g/mol. The second-order valence-corrected chi connectivity index (χ2v) is 5.95. The summed E-state index contributed by atoms with van der Waals surface area (Å²) in [7, 11) is 0. The third-order valence-corrected chi connectivity index (χ3v) is 3.91. The molecule has 3 rings (SSSR count). The van der Waals surface area contributed by atoms with Gasteiger partial charge in [-0.3, -0.25) is 0 Å². The van der Waals surface area contributed by atoms with E-state index in [-0.39, 0.29) is 11.1 Å². The van der Waals surface area contributed by atoms with Crippen molar-refractivity contribution in [3.63, 3.8) is 0 Å². The Labute approximate surface area is 143 Å². The molecule has 118 valence electrons. The van der Waals surface area contributed by atoms with Crippen LogP contribution >= 0.6 is 23.8 Å². The number of furan rings is 1. The number of thiocarbonyl (C=S) groups is 1. The van der Waals surface area contributed by atoms with Crippen molar-refractivity contribution in [3.8, 4) is 0 Å². The minimum absolute atomic E-state index is 0.0446. The zero-order valence-electron chi connectivity index (χ0n) is 12.3. The van der Waals surface area contributed by atoms with E-state index in [0.29, 0.717) is 10.8 Å². The quantitative estimate of drug-likeness (QED) is 0.632. The number of hydrogen-bond acceptors (Lipinski definition) is 2. The summed E-state index contributed by atoms with van der Waals surface area (Å²) in [5.41, 5.74) is 1.45. The first kappa shape index (κ1) is 15.8. The molecule has 0 spiro atoms. The summed E-state index contributed by atoms with van der Waals surface area (Å²) in [6.45, 7) is 1.95. The molecule has 6 heteroatoms. The summed E-state index contributed by atoms with van der Waals surface area (Å²) in [5.74, 6) is 0.319. The fourth-order valence-electron chi connectivity index (χ4n) is 2.22. The second-order valence-electron chi connectivity index (χ2n) is 5.14. The van der Waals surface area contributed by atoms with Crippen LogP contribution in [0.5, 0.6) is 0 Å². The van der Waals surface area contributed by atoms with E-state index in [0.717, 1.165) is 16.7 Å². The highest BCUT2D eigenvalue weighted by Crippen LogP contribution is 2.24. The molecule has 1 heterocycles. The molecule has 3 nitrogen and oxygen atoms in total. The Bertz CT molecular complexity index is 832. The zero-order valence-corrected chi connectivity index (χ0v) is 13.8. The smallest absolute Gasteiger partial charge is 0.171 e. The zero-order chi connectivity index (χ0) is 16.4. The van der Waals surface area contributed by atoms with Crippen LogP contribution in [0.3, 0.4) is 0 Å². The van der Waals surface area contributed by atoms with Crippen molar-refractivity contribution in [2.75, 3.05) is 5.32 Å². The molecule has 2 N–H and O–H groups in total. The second kappa shape index (κ2) is 6.56. The number of para-hydroxylation sites is 1. The van der Waals surface area contributed by atoms with Crippen molar-refractivity contribution in [1.29, 1.82) is 0 Å². The lowest BCUT2D eigenvalue weighted by molar-refractivity contribution is 0.493. The van der Waals surface area contributed by atoms with Gasteiger partial charge in [0.05, 0.1) is 11.1 Å². The molecule has 0 saturated heterocycles. The van der Waals surface area contributed by atoms with Crippen molar-refractivity contribution < 1.29 is 8.81 Å². The van der Waals surface area contributed by atoms with Crippen molar-refractivity contribution >= 4 is 45.6 Å². The lowest BCUT2D eigenvalue weighted by Gasteiger charge is -2.15. The Morgan fingerprint density at radius 1 is 1.22 bits per heavy atom. The predicted octanol–water partition coefficient (Wildman–Crippen LogP) is 5.27. The number of anilines is 1. The van der Waals surface area contributed by atoms with Crippen molar-refractivity contribution in [1.82, 2.24) is 5.32 Å². The highest BCUT2D eigenvalue weighted by Gasteiger charge is 2.12. The van der Waals surface area contributed by atoms with Gasteiger partial charge in [-0.25, -0.2) is 4.39 Å². The monoisotopic (exact) mass is 348 g/mol.